The monoisotopic (exact) mass is 336 g/mol. The number of carboxylic acid groups (broad SMARTS) is 1. The van der Waals surface area contributed by atoms with E-state index in [9.17, 15) is 14.4 Å². The van der Waals surface area contributed by atoms with Crippen LogP contribution in [0.2, 0.25) is 0 Å². The molecule has 3 N–H and O–H groups in total. The van der Waals surface area contributed by atoms with E-state index in [0.29, 0.717) is 24.3 Å². The average Bonchev–Trinajstić information content (AvgIpc) is 2.53. The second-order valence-corrected chi connectivity index (χ2v) is 5.93. The fourth-order valence-corrected chi connectivity index (χ4v) is 1.82. The van der Waals surface area contributed by atoms with E-state index in [0.717, 1.165) is 0 Å². The van der Waals surface area contributed by atoms with Gasteiger partial charge in [0.25, 0.3) is 5.91 Å². The Hall–Kier alpha value is -2.57. The molecule has 0 spiro atoms. The predicted molar refractivity (Wildman–Crippen MR) is 89.0 cm³/mol. The van der Waals surface area contributed by atoms with Crippen LogP contribution >= 0.6 is 0 Å². The lowest BCUT2D eigenvalue weighted by molar-refractivity contribution is -0.147. The van der Waals surface area contributed by atoms with E-state index in [1.807, 2.05) is 6.92 Å². The fourth-order valence-electron chi connectivity index (χ4n) is 1.82. The van der Waals surface area contributed by atoms with Crippen molar-refractivity contribution in [1.29, 1.82) is 0 Å². The molecule has 0 bridgehead atoms. The first-order chi connectivity index (χ1) is 11.3. The molecule has 0 aliphatic rings. The molecular weight excluding hydrogens is 312 g/mol. The first-order valence-electron chi connectivity index (χ1n) is 7.77. The molecule has 0 atom stereocenters. The number of benzene rings is 1. The zero-order chi connectivity index (χ0) is 18.2. The van der Waals surface area contributed by atoms with E-state index in [1.165, 1.54) is 0 Å². The smallest absolute Gasteiger partial charge is 0.309 e. The summed E-state index contributed by atoms with van der Waals surface area (Å²) in [7, 11) is 0. The summed E-state index contributed by atoms with van der Waals surface area (Å²) in [4.78, 5) is 34.6. The van der Waals surface area contributed by atoms with Gasteiger partial charge in [-0.1, -0.05) is 0 Å². The van der Waals surface area contributed by atoms with Gasteiger partial charge in [-0.2, -0.15) is 0 Å². The molecule has 7 heteroatoms. The predicted octanol–water partition coefficient (Wildman–Crippen LogP) is 1.43. The van der Waals surface area contributed by atoms with Gasteiger partial charge >= 0.3 is 5.97 Å². The molecule has 0 unspecified atom stereocenters. The Kier molecular flexibility index (Phi) is 7.23. The Morgan fingerprint density at radius 1 is 1.12 bits per heavy atom. The Morgan fingerprint density at radius 3 is 2.29 bits per heavy atom. The van der Waals surface area contributed by atoms with Crippen LogP contribution in [-0.4, -0.2) is 42.6 Å². The summed E-state index contributed by atoms with van der Waals surface area (Å²) >= 11 is 0. The number of aliphatic carboxylic acids is 1. The normalized spacial score (nSPS) is 10.8. The highest BCUT2D eigenvalue weighted by molar-refractivity contribution is 5.96. The van der Waals surface area contributed by atoms with Gasteiger partial charge in [-0.3, -0.25) is 14.4 Å². The van der Waals surface area contributed by atoms with Crippen molar-refractivity contribution in [2.75, 3.05) is 19.7 Å². The van der Waals surface area contributed by atoms with Gasteiger partial charge in [-0.05, 0) is 51.5 Å². The highest BCUT2D eigenvalue weighted by atomic mass is 16.5. The number of amides is 2. The van der Waals surface area contributed by atoms with Crippen LogP contribution in [-0.2, 0) is 9.59 Å². The van der Waals surface area contributed by atoms with E-state index in [4.69, 9.17) is 9.84 Å². The molecule has 1 aromatic rings. The standard InChI is InChI=1S/C17H24N2O5/c1-4-24-13-7-5-12(6-8-13)15(21)19-11-14(20)18-10-9-17(2,3)16(22)23/h5-8H,4,9-11H2,1-3H3,(H,18,20)(H,19,21)(H,22,23). The second-order valence-electron chi connectivity index (χ2n) is 5.93. The Balaban J connectivity index is 2.36. The quantitative estimate of drug-likeness (QED) is 0.633. The minimum atomic E-state index is -0.916. The molecular formula is C17H24N2O5. The average molecular weight is 336 g/mol. The number of nitrogens with one attached hydrogen (secondary N) is 2. The summed E-state index contributed by atoms with van der Waals surface area (Å²) in [5, 5.41) is 14.1. The number of carbonyl (C=O) groups excluding carboxylic acids is 2. The molecule has 0 aromatic heterocycles. The van der Waals surface area contributed by atoms with Gasteiger partial charge in [0.15, 0.2) is 0 Å². The van der Waals surface area contributed by atoms with Gasteiger partial charge in [0, 0.05) is 12.1 Å². The molecule has 0 heterocycles. The summed E-state index contributed by atoms with van der Waals surface area (Å²) in [6.45, 7) is 5.67. The van der Waals surface area contributed by atoms with Crippen molar-refractivity contribution < 1.29 is 24.2 Å². The number of carbonyl (C=O) groups is 3. The Labute approximate surface area is 141 Å². The molecule has 0 aliphatic carbocycles. The number of hydrogen-bond donors (Lipinski definition) is 3. The second kappa shape index (κ2) is 8.90. The summed E-state index contributed by atoms with van der Waals surface area (Å²) < 4.78 is 5.29. The maximum Gasteiger partial charge on any atom is 0.309 e. The molecule has 7 nitrogen and oxygen atoms in total. The van der Waals surface area contributed by atoms with Crippen LogP contribution in [0.25, 0.3) is 0 Å². The van der Waals surface area contributed by atoms with Crippen LogP contribution in [0.3, 0.4) is 0 Å². The third kappa shape index (κ3) is 6.28. The topological polar surface area (TPSA) is 105 Å². The summed E-state index contributed by atoms with van der Waals surface area (Å²) in [5.74, 6) is -0.970. The zero-order valence-corrected chi connectivity index (χ0v) is 14.2. The lowest BCUT2D eigenvalue weighted by Crippen LogP contribution is -2.39. The molecule has 0 saturated carbocycles. The molecule has 0 fully saturated rings. The van der Waals surface area contributed by atoms with Gasteiger partial charge in [0.1, 0.15) is 5.75 Å². The van der Waals surface area contributed by atoms with Crippen molar-refractivity contribution >= 4 is 17.8 Å². The maximum atomic E-state index is 11.9. The molecule has 0 saturated heterocycles. The highest BCUT2D eigenvalue weighted by Crippen LogP contribution is 2.19. The molecule has 24 heavy (non-hydrogen) atoms. The van der Waals surface area contributed by atoms with Crippen LogP contribution in [0.5, 0.6) is 5.75 Å². The van der Waals surface area contributed by atoms with E-state index >= 15 is 0 Å². The summed E-state index contributed by atoms with van der Waals surface area (Å²) in [6, 6.07) is 6.61. The first kappa shape index (κ1) is 19.5. The van der Waals surface area contributed by atoms with Crippen molar-refractivity contribution in [2.24, 2.45) is 5.41 Å². The van der Waals surface area contributed by atoms with Crippen molar-refractivity contribution in [3.63, 3.8) is 0 Å². The maximum absolute atomic E-state index is 11.9. The van der Waals surface area contributed by atoms with Gasteiger partial charge in [-0.25, -0.2) is 0 Å². The molecule has 1 aromatic carbocycles. The minimum absolute atomic E-state index is 0.167. The fraction of sp³-hybridized carbons (Fsp3) is 0.471. The molecule has 0 aliphatic heterocycles. The minimum Gasteiger partial charge on any atom is -0.494 e. The van der Waals surface area contributed by atoms with Gasteiger partial charge in [0.2, 0.25) is 5.91 Å². The summed E-state index contributed by atoms with van der Waals surface area (Å²) in [5.41, 5.74) is -0.475. The third-order valence-corrected chi connectivity index (χ3v) is 3.49. The van der Waals surface area contributed by atoms with Crippen molar-refractivity contribution in [2.45, 2.75) is 27.2 Å². The molecule has 0 radical (unpaired) electrons. The number of carboxylic acids is 1. The van der Waals surface area contributed by atoms with Crippen LogP contribution in [0.1, 0.15) is 37.6 Å². The molecule has 132 valence electrons. The number of hydrogen-bond acceptors (Lipinski definition) is 4. The van der Waals surface area contributed by atoms with Crippen molar-refractivity contribution in [1.82, 2.24) is 10.6 Å². The largest absolute Gasteiger partial charge is 0.494 e. The Bertz CT molecular complexity index is 581. The number of rotatable bonds is 9. The van der Waals surface area contributed by atoms with E-state index in [2.05, 4.69) is 10.6 Å². The van der Waals surface area contributed by atoms with E-state index in [1.54, 1.807) is 38.1 Å². The van der Waals surface area contributed by atoms with Crippen LogP contribution in [0, 0.1) is 5.41 Å². The summed E-state index contributed by atoms with van der Waals surface area (Å²) in [6.07, 6.45) is 0.306. The lowest BCUT2D eigenvalue weighted by Gasteiger charge is -2.18. The zero-order valence-electron chi connectivity index (χ0n) is 14.2. The van der Waals surface area contributed by atoms with E-state index in [-0.39, 0.29) is 24.9 Å². The van der Waals surface area contributed by atoms with Gasteiger partial charge in [0.05, 0.1) is 18.6 Å². The van der Waals surface area contributed by atoms with Crippen LogP contribution in [0.15, 0.2) is 24.3 Å². The molecule has 1 rings (SSSR count). The SMILES string of the molecule is CCOc1ccc(C(=O)NCC(=O)NCCC(C)(C)C(=O)O)cc1. The Morgan fingerprint density at radius 2 is 1.75 bits per heavy atom. The van der Waals surface area contributed by atoms with Gasteiger partial charge < -0.3 is 20.5 Å². The molecule has 2 amide bonds. The van der Waals surface area contributed by atoms with E-state index < -0.39 is 11.4 Å². The van der Waals surface area contributed by atoms with Crippen molar-refractivity contribution in [3.05, 3.63) is 29.8 Å². The highest BCUT2D eigenvalue weighted by Gasteiger charge is 2.26. The number of ether oxygens (including phenoxy) is 1. The van der Waals surface area contributed by atoms with Crippen LogP contribution in [0.4, 0.5) is 0 Å². The van der Waals surface area contributed by atoms with Gasteiger partial charge in [-0.15, -0.1) is 0 Å². The lowest BCUT2D eigenvalue weighted by atomic mass is 9.90. The first-order valence-corrected chi connectivity index (χ1v) is 7.77. The van der Waals surface area contributed by atoms with Crippen LogP contribution < -0.4 is 15.4 Å². The van der Waals surface area contributed by atoms with Crippen molar-refractivity contribution in [3.8, 4) is 5.75 Å². The third-order valence-electron chi connectivity index (χ3n) is 3.49.